The molecule has 0 N–H and O–H groups in total. The number of rotatable bonds is 1. The lowest BCUT2D eigenvalue weighted by Gasteiger charge is -2.34. The zero-order valence-electron chi connectivity index (χ0n) is 8.37. The van der Waals surface area contributed by atoms with Gasteiger partial charge in [0.15, 0.2) is 0 Å². The molecule has 2 aliphatic carbocycles. The minimum atomic E-state index is -0.588. The molecule has 1 fully saturated rings. The largest absolute Gasteiger partial charge is 0.469 e. The summed E-state index contributed by atoms with van der Waals surface area (Å²) in [5.41, 5.74) is 0. The van der Waals surface area contributed by atoms with Crippen LogP contribution in [-0.4, -0.2) is 25.0 Å². The number of allylic oxidation sites excluding steroid dienone is 2. The number of methoxy groups -OCH3 is 1. The van der Waals surface area contributed by atoms with Crippen LogP contribution < -0.4 is 0 Å². The highest BCUT2D eigenvalue weighted by Gasteiger charge is 2.77. The van der Waals surface area contributed by atoms with Crippen molar-refractivity contribution in [1.29, 1.82) is 0 Å². The number of fused-ring (bicyclic) bond motifs is 2. The van der Waals surface area contributed by atoms with Crippen LogP contribution in [0.2, 0.25) is 0 Å². The number of ether oxygens (including phenoxy) is 1. The lowest BCUT2D eigenvalue weighted by molar-refractivity contribution is -0.145. The molecule has 0 spiro atoms. The van der Waals surface area contributed by atoms with E-state index in [2.05, 4.69) is 95.6 Å². The highest BCUT2D eigenvalue weighted by molar-refractivity contribution is 9.27. The van der Waals surface area contributed by atoms with E-state index in [9.17, 15) is 4.79 Å². The molecule has 8 heteroatoms. The standard InChI is InChI=1S/C9H6Br6O2/c1-17-6(16)3-2-7(12)4(10)5(11)8(3,13)9(7,14)15/h3H,2H2,1H3. The van der Waals surface area contributed by atoms with Crippen LogP contribution >= 0.6 is 95.6 Å². The van der Waals surface area contributed by atoms with E-state index in [1.165, 1.54) is 7.11 Å². The van der Waals surface area contributed by atoms with Crippen molar-refractivity contribution in [3.63, 3.8) is 0 Å². The minimum Gasteiger partial charge on any atom is -0.469 e. The van der Waals surface area contributed by atoms with E-state index in [-0.39, 0.29) is 11.9 Å². The first kappa shape index (κ1) is 15.5. The van der Waals surface area contributed by atoms with Gasteiger partial charge in [-0.15, -0.1) is 0 Å². The topological polar surface area (TPSA) is 26.3 Å². The first-order chi connectivity index (χ1) is 7.64. The average molecular weight is 626 g/mol. The molecule has 0 saturated heterocycles. The Kier molecular flexibility index (Phi) is 4.14. The van der Waals surface area contributed by atoms with Gasteiger partial charge in [-0.3, -0.25) is 4.79 Å². The molecule has 2 rings (SSSR count). The van der Waals surface area contributed by atoms with Crippen LogP contribution in [-0.2, 0) is 9.53 Å². The van der Waals surface area contributed by atoms with E-state index in [0.717, 1.165) is 8.96 Å². The van der Waals surface area contributed by atoms with Gasteiger partial charge in [-0.2, -0.15) is 0 Å². The fourth-order valence-electron chi connectivity index (χ4n) is 2.30. The Morgan fingerprint density at radius 2 is 1.76 bits per heavy atom. The van der Waals surface area contributed by atoms with Gasteiger partial charge < -0.3 is 4.74 Å². The molecular formula is C9H6Br6O2. The zero-order chi connectivity index (χ0) is 13.2. The summed E-state index contributed by atoms with van der Waals surface area (Å²) in [4.78, 5) is 11.9. The Bertz CT molecular complexity index is 433. The molecule has 96 valence electrons. The summed E-state index contributed by atoms with van der Waals surface area (Å²) >= 11 is 21.9. The van der Waals surface area contributed by atoms with E-state index >= 15 is 0 Å². The molecule has 0 aromatic heterocycles. The quantitative estimate of drug-likeness (QED) is 0.305. The van der Waals surface area contributed by atoms with E-state index in [1.54, 1.807) is 0 Å². The Labute approximate surface area is 149 Å². The van der Waals surface area contributed by atoms with Crippen molar-refractivity contribution < 1.29 is 9.53 Å². The molecule has 2 bridgehead atoms. The van der Waals surface area contributed by atoms with E-state index < -0.39 is 11.9 Å². The SMILES string of the molecule is COC(=O)C1CC2(Br)C(Br)=C(Br)C1(Br)C2(Br)Br. The summed E-state index contributed by atoms with van der Waals surface area (Å²) in [5.74, 6) is -0.523. The number of carbonyl (C=O) groups excluding carboxylic acids is 1. The monoisotopic (exact) mass is 620 g/mol. The molecule has 3 atom stereocenters. The third-order valence-corrected chi connectivity index (χ3v) is 14.5. The highest BCUT2D eigenvalue weighted by Crippen LogP contribution is 2.77. The number of hydrogen-bond acceptors (Lipinski definition) is 2. The van der Waals surface area contributed by atoms with E-state index in [4.69, 9.17) is 4.74 Å². The highest BCUT2D eigenvalue weighted by atomic mass is 79.9. The molecule has 17 heavy (non-hydrogen) atoms. The first-order valence-electron chi connectivity index (χ1n) is 4.54. The Morgan fingerprint density at radius 1 is 1.24 bits per heavy atom. The smallest absolute Gasteiger partial charge is 0.310 e. The van der Waals surface area contributed by atoms with Gasteiger partial charge in [0.05, 0.1) is 21.7 Å². The van der Waals surface area contributed by atoms with Crippen molar-refractivity contribution in [2.75, 3.05) is 7.11 Å². The van der Waals surface area contributed by atoms with Crippen molar-refractivity contribution in [2.24, 2.45) is 5.92 Å². The predicted molar refractivity (Wildman–Crippen MR) is 88.9 cm³/mol. The zero-order valence-corrected chi connectivity index (χ0v) is 17.9. The average Bonchev–Trinajstić information content (AvgIpc) is 2.49. The molecule has 0 amide bonds. The number of halogens is 6. The molecule has 0 aromatic rings. The van der Waals surface area contributed by atoms with Crippen LogP contribution in [0.3, 0.4) is 0 Å². The molecule has 2 aliphatic rings. The lowest BCUT2D eigenvalue weighted by atomic mass is 9.93. The number of esters is 1. The van der Waals surface area contributed by atoms with Crippen LogP contribution in [0, 0.1) is 5.92 Å². The van der Waals surface area contributed by atoms with Crippen molar-refractivity contribution in [3.8, 4) is 0 Å². The molecular weight excluding hydrogens is 620 g/mol. The van der Waals surface area contributed by atoms with Gasteiger partial charge in [0.1, 0.15) is 3.23 Å². The van der Waals surface area contributed by atoms with Gasteiger partial charge in [0.2, 0.25) is 0 Å². The van der Waals surface area contributed by atoms with E-state index in [1.807, 2.05) is 0 Å². The second kappa shape index (κ2) is 4.55. The van der Waals surface area contributed by atoms with Crippen LogP contribution in [0.1, 0.15) is 6.42 Å². The third kappa shape index (κ3) is 1.66. The summed E-state index contributed by atoms with van der Waals surface area (Å²) in [5, 5.41) is 0. The third-order valence-electron chi connectivity index (χ3n) is 3.27. The van der Waals surface area contributed by atoms with Gasteiger partial charge in [-0.05, 0) is 6.42 Å². The summed E-state index contributed by atoms with van der Waals surface area (Å²) in [6.07, 6.45) is 0.622. The van der Waals surface area contributed by atoms with Gasteiger partial charge >= 0.3 is 5.97 Å². The van der Waals surface area contributed by atoms with Crippen molar-refractivity contribution in [2.45, 2.75) is 18.3 Å². The Morgan fingerprint density at radius 3 is 2.12 bits per heavy atom. The molecule has 0 aliphatic heterocycles. The maximum Gasteiger partial charge on any atom is 0.310 e. The van der Waals surface area contributed by atoms with Gasteiger partial charge in [0.25, 0.3) is 0 Å². The molecule has 0 heterocycles. The summed E-state index contributed by atoms with van der Waals surface area (Å²) in [7, 11) is 1.41. The van der Waals surface area contributed by atoms with Crippen LogP contribution in [0.25, 0.3) is 0 Å². The minimum absolute atomic E-state index is 0.233. The maximum absolute atomic E-state index is 11.9. The second-order valence-electron chi connectivity index (χ2n) is 4.00. The maximum atomic E-state index is 11.9. The van der Waals surface area contributed by atoms with Crippen LogP contribution in [0.4, 0.5) is 0 Å². The van der Waals surface area contributed by atoms with Crippen LogP contribution in [0.5, 0.6) is 0 Å². The number of carbonyl (C=O) groups is 1. The summed E-state index contributed by atoms with van der Waals surface area (Å²) in [6, 6.07) is 0. The molecule has 3 unspecified atom stereocenters. The summed E-state index contributed by atoms with van der Waals surface area (Å²) < 4.78 is 5.26. The first-order valence-corrected chi connectivity index (χ1v) is 9.30. The normalized spacial score (nSPS) is 43.1. The number of alkyl halides is 4. The van der Waals surface area contributed by atoms with Crippen molar-refractivity contribution in [3.05, 3.63) is 8.96 Å². The predicted octanol–water partition coefficient (Wildman–Crippen LogP) is 4.95. The van der Waals surface area contributed by atoms with Crippen molar-refractivity contribution in [1.82, 2.24) is 0 Å². The molecule has 1 saturated carbocycles. The van der Waals surface area contributed by atoms with Gasteiger partial charge in [-0.1, -0.05) is 95.6 Å². The number of hydrogen-bond donors (Lipinski definition) is 0. The van der Waals surface area contributed by atoms with Gasteiger partial charge in [0, 0.05) is 8.96 Å². The molecule has 2 nitrogen and oxygen atoms in total. The van der Waals surface area contributed by atoms with Crippen LogP contribution in [0.15, 0.2) is 8.96 Å². The Hall–Kier alpha value is 2.09. The molecule has 0 aromatic carbocycles. The van der Waals surface area contributed by atoms with Crippen molar-refractivity contribution >= 4 is 102 Å². The van der Waals surface area contributed by atoms with Gasteiger partial charge in [-0.25, -0.2) is 0 Å². The Balaban J connectivity index is 2.62. The lowest BCUT2D eigenvalue weighted by Crippen LogP contribution is -2.44. The fraction of sp³-hybridized carbons (Fsp3) is 0.667. The molecule has 0 radical (unpaired) electrons. The summed E-state index contributed by atoms with van der Waals surface area (Å²) in [6.45, 7) is 0. The fourth-order valence-corrected chi connectivity index (χ4v) is 9.23. The second-order valence-corrected chi connectivity index (χ2v) is 11.6. The van der Waals surface area contributed by atoms with E-state index in [0.29, 0.717) is 6.42 Å².